The molecule has 1 N–H and O–H groups in total. The molecule has 0 spiro atoms. The molecule has 2 aromatic carbocycles. The van der Waals surface area contributed by atoms with Crippen molar-refractivity contribution < 1.29 is 9.72 Å². The van der Waals surface area contributed by atoms with Gasteiger partial charge in [-0.25, -0.2) is 4.98 Å². The average Bonchev–Trinajstić information content (AvgIpc) is 2.81. The number of carbonyl (C=O) groups is 1. The molecule has 3 aromatic rings. The zero-order chi connectivity index (χ0) is 21.6. The number of anilines is 2. The molecule has 0 aliphatic carbocycles. The molecule has 8 heteroatoms. The molecule has 31 heavy (non-hydrogen) atoms. The molecule has 0 radical (unpaired) electrons. The van der Waals surface area contributed by atoms with Crippen molar-refractivity contribution in [3.05, 3.63) is 94.2 Å². The van der Waals surface area contributed by atoms with Crippen molar-refractivity contribution in [3.8, 4) is 0 Å². The summed E-state index contributed by atoms with van der Waals surface area (Å²) in [6, 6.07) is 19.6. The van der Waals surface area contributed by atoms with Gasteiger partial charge in [0.1, 0.15) is 5.82 Å². The van der Waals surface area contributed by atoms with Crippen molar-refractivity contribution in [2.45, 2.75) is 6.54 Å². The van der Waals surface area contributed by atoms with Crippen LogP contribution in [0.25, 0.3) is 0 Å². The van der Waals surface area contributed by atoms with E-state index < -0.39 is 0 Å². The molecule has 1 aromatic heterocycles. The van der Waals surface area contributed by atoms with Gasteiger partial charge >= 0.3 is 0 Å². The first kappa shape index (κ1) is 20.5. The second kappa shape index (κ2) is 9.36. The monoisotopic (exact) mass is 417 g/mol. The number of piperazine rings is 1. The first-order valence-corrected chi connectivity index (χ1v) is 10.1. The molecule has 0 saturated carbocycles. The van der Waals surface area contributed by atoms with Crippen LogP contribution in [-0.2, 0) is 6.54 Å². The van der Waals surface area contributed by atoms with E-state index in [1.807, 2.05) is 42.5 Å². The van der Waals surface area contributed by atoms with E-state index in [-0.39, 0.29) is 16.5 Å². The number of pyridine rings is 1. The maximum absolute atomic E-state index is 12.3. The Hall–Kier alpha value is -3.78. The minimum absolute atomic E-state index is 0.114. The summed E-state index contributed by atoms with van der Waals surface area (Å²) in [4.78, 5) is 31.7. The molecule has 0 bridgehead atoms. The number of aromatic nitrogens is 1. The highest BCUT2D eigenvalue weighted by molar-refractivity contribution is 6.04. The van der Waals surface area contributed by atoms with Crippen LogP contribution in [0.3, 0.4) is 0 Å². The first-order chi connectivity index (χ1) is 15.1. The summed E-state index contributed by atoms with van der Waals surface area (Å²) in [5.41, 5.74) is 2.45. The summed E-state index contributed by atoms with van der Waals surface area (Å²) < 4.78 is 0. The Morgan fingerprint density at radius 3 is 2.29 bits per heavy atom. The number of hydrogen-bond donors (Lipinski definition) is 1. The number of nitrogens with zero attached hydrogens (tertiary/aromatic N) is 4. The number of nitro groups is 1. The second-order valence-electron chi connectivity index (χ2n) is 7.41. The van der Waals surface area contributed by atoms with Crippen LogP contribution in [0.1, 0.15) is 15.9 Å². The number of rotatable bonds is 6. The van der Waals surface area contributed by atoms with Crippen LogP contribution in [0.2, 0.25) is 0 Å². The molecule has 1 aliphatic heterocycles. The van der Waals surface area contributed by atoms with Gasteiger partial charge < -0.3 is 10.2 Å². The minimum Gasteiger partial charge on any atom is -0.354 e. The first-order valence-electron chi connectivity index (χ1n) is 10.1. The van der Waals surface area contributed by atoms with Gasteiger partial charge in [0.15, 0.2) is 0 Å². The molecular weight excluding hydrogens is 394 g/mol. The Morgan fingerprint density at radius 1 is 0.968 bits per heavy atom. The Balaban J connectivity index is 1.28. The van der Waals surface area contributed by atoms with E-state index in [0.717, 1.165) is 44.1 Å². The molecule has 4 rings (SSSR count). The van der Waals surface area contributed by atoms with Crippen molar-refractivity contribution in [2.75, 3.05) is 36.4 Å². The third-order valence-corrected chi connectivity index (χ3v) is 5.29. The van der Waals surface area contributed by atoms with Gasteiger partial charge in [-0.05, 0) is 29.8 Å². The number of amides is 1. The van der Waals surface area contributed by atoms with Crippen LogP contribution in [-0.4, -0.2) is 46.9 Å². The maximum atomic E-state index is 12.3. The number of benzene rings is 2. The van der Waals surface area contributed by atoms with Gasteiger partial charge in [0, 0.05) is 50.4 Å². The van der Waals surface area contributed by atoms with Gasteiger partial charge in [0.2, 0.25) is 0 Å². The second-order valence-corrected chi connectivity index (χ2v) is 7.41. The molecule has 0 unspecified atom stereocenters. The van der Waals surface area contributed by atoms with Gasteiger partial charge in [-0.1, -0.05) is 30.3 Å². The highest BCUT2D eigenvalue weighted by atomic mass is 16.6. The maximum Gasteiger partial charge on any atom is 0.269 e. The fourth-order valence-corrected chi connectivity index (χ4v) is 3.56. The summed E-state index contributed by atoms with van der Waals surface area (Å²) >= 11 is 0. The third-order valence-electron chi connectivity index (χ3n) is 5.29. The number of hydrogen-bond acceptors (Lipinski definition) is 6. The fourth-order valence-electron chi connectivity index (χ4n) is 3.56. The van der Waals surface area contributed by atoms with Crippen molar-refractivity contribution in [1.29, 1.82) is 0 Å². The van der Waals surface area contributed by atoms with Gasteiger partial charge in [-0.15, -0.1) is 0 Å². The topological polar surface area (TPSA) is 91.6 Å². The van der Waals surface area contributed by atoms with Crippen molar-refractivity contribution >= 4 is 23.1 Å². The molecule has 8 nitrogen and oxygen atoms in total. The smallest absolute Gasteiger partial charge is 0.269 e. The standard InChI is InChI=1S/C23H23N5O3/c29-23(19-4-2-1-3-5-19)25-20-8-11-22(24-16-20)27-14-12-26(13-15-27)17-18-6-9-21(10-7-18)28(30)31/h1-11,16H,12-15,17H2,(H,25,29). The van der Waals surface area contributed by atoms with Gasteiger partial charge in [-0.2, -0.15) is 0 Å². The Labute approximate surface area is 180 Å². The molecular formula is C23H23N5O3. The summed E-state index contributed by atoms with van der Waals surface area (Å²) in [6.07, 6.45) is 1.68. The van der Waals surface area contributed by atoms with Gasteiger partial charge in [0.25, 0.3) is 11.6 Å². The number of non-ortho nitro benzene ring substituents is 1. The summed E-state index contributed by atoms with van der Waals surface area (Å²) in [6.45, 7) is 4.21. The lowest BCUT2D eigenvalue weighted by Crippen LogP contribution is -2.46. The van der Waals surface area contributed by atoms with Crippen LogP contribution in [0.5, 0.6) is 0 Å². The molecule has 158 valence electrons. The van der Waals surface area contributed by atoms with E-state index in [0.29, 0.717) is 11.3 Å². The van der Waals surface area contributed by atoms with Gasteiger partial charge in [-0.3, -0.25) is 19.8 Å². The van der Waals surface area contributed by atoms with Crippen LogP contribution >= 0.6 is 0 Å². The largest absolute Gasteiger partial charge is 0.354 e. The van der Waals surface area contributed by atoms with Crippen molar-refractivity contribution in [2.24, 2.45) is 0 Å². The number of carbonyl (C=O) groups excluding carboxylic acids is 1. The lowest BCUT2D eigenvalue weighted by atomic mass is 10.2. The average molecular weight is 417 g/mol. The Bertz CT molecular complexity index is 1030. The minimum atomic E-state index is -0.381. The van der Waals surface area contributed by atoms with E-state index in [1.165, 1.54) is 0 Å². The Kier molecular flexibility index (Phi) is 6.18. The third kappa shape index (κ3) is 5.23. The fraction of sp³-hybridized carbons (Fsp3) is 0.217. The summed E-state index contributed by atoms with van der Waals surface area (Å²) in [7, 11) is 0. The highest BCUT2D eigenvalue weighted by Gasteiger charge is 2.18. The lowest BCUT2D eigenvalue weighted by molar-refractivity contribution is -0.384. The van der Waals surface area contributed by atoms with Crippen LogP contribution in [0.15, 0.2) is 72.9 Å². The predicted octanol–water partition coefficient (Wildman–Crippen LogP) is 3.56. The van der Waals surface area contributed by atoms with E-state index in [1.54, 1.807) is 30.5 Å². The van der Waals surface area contributed by atoms with E-state index in [9.17, 15) is 14.9 Å². The SMILES string of the molecule is O=C(Nc1ccc(N2CCN(Cc3ccc([N+](=O)[O-])cc3)CC2)nc1)c1ccccc1. The van der Waals surface area contributed by atoms with Crippen molar-refractivity contribution in [3.63, 3.8) is 0 Å². The van der Waals surface area contributed by atoms with Crippen LogP contribution < -0.4 is 10.2 Å². The van der Waals surface area contributed by atoms with E-state index >= 15 is 0 Å². The quantitative estimate of drug-likeness (QED) is 0.487. The zero-order valence-corrected chi connectivity index (χ0v) is 17.0. The molecule has 0 atom stereocenters. The van der Waals surface area contributed by atoms with E-state index in [2.05, 4.69) is 20.1 Å². The summed E-state index contributed by atoms with van der Waals surface area (Å²) in [5.74, 6) is 0.725. The normalized spacial score (nSPS) is 14.3. The molecule has 1 amide bonds. The summed E-state index contributed by atoms with van der Waals surface area (Å²) in [5, 5.41) is 13.6. The highest BCUT2D eigenvalue weighted by Crippen LogP contribution is 2.19. The number of nitro benzene ring substituents is 1. The molecule has 1 aliphatic rings. The van der Waals surface area contributed by atoms with E-state index in [4.69, 9.17) is 0 Å². The zero-order valence-electron chi connectivity index (χ0n) is 17.0. The lowest BCUT2D eigenvalue weighted by Gasteiger charge is -2.35. The Morgan fingerprint density at radius 2 is 1.68 bits per heavy atom. The molecule has 2 heterocycles. The predicted molar refractivity (Wildman–Crippen MR) is 119 cm³/mol. The van der Waals surface area contributed by atoms with Crippen LogP contribution in [0, 0.1) is 10.1 Å². The van der Waals surface area contributed by atoms with Crippen molar-refractivity contribution in [1.82, 2.24) is 9.88 Å². The van der Waals surface area contributed by atoms with Gasteiger partial charge in [0.05, 0.1) is 16.8 Å². The molecule has 1 saturated heterocycles. The van der Waals surface area contributed by atoms with Crippen LogP contribution in [0.4, 0.5) is 17.2 Å². The molecule has 1 fully saturated rings. The number of nitrogens with one attached hydrogen (secondary N) is 1.